The first-order valence-corrected chi connectivity index (χ1v) is 8.67. The molecule has 1 amide bonds. The maximum atomic E-state index is 13.8. The van der Waals surface area contributed by atoms with E-state index in [-0.39, 0.29) is 11.5 Å². The first kappa shape index (κ1) is 18.3. The minimum absolute atomic E-state index is 0.0761. The Morgan fingerprint density at radius 2 is 1.77 bits per heavy atom. The molecule has 2 aromatic rings. The van der Waals surface area contributed by atoms with Gasteiger partial charge >= 0.3 is 0 Å². The highest BCUT2D eigenvalue weighted by Gasteiger charge is 2.24. The third kappa shape index (κ3) is 4.19. The number of amides is 1. The van der Waals surface area contributed by atoms with E-state index in [0.29, 0.717) is 26.2 Å². The number of halogens is 2. The Labute approximate surface area is 152 Å². The van der Waals surface area contributed by atoms with Crippen molar-refractivity contribution in [2.45, 2.75) is 6.54 Å². The number of piperazine rings is 1. The van der Waals surface area contributed by atoms with Gasteiger partial charge in [-0.3, -0.25) is 4.79 Å². The van der Waals surface area contributed by atoms with E-state index in [9.17, 15) is 13.6 Å². The van der Waals surface area contributed by atoms with E-state index in [2.05, 4.69) is 28.0 Å². The van der Waals surface area contributed by atoms with Gasteiger partial charge in [0.25, 0.3) is 5.91 Å². The van der Waals surface area contributed by atoms with Gasteiger partial charge in [0.05, 0.1) is 5.56 Å². The molecule has 1 fully saturated rings. The van der Waals surface area contributed by atoms with Crippen molar-refractivity contribution in [2.24, 2.45) is 0 Å². The molecule has 0 spiro atoms. The second-order valence-electron chi connectivity index (χ2n) is 6.81. The van der Waals surface area contributed by atoms with Crippen LogP contribution in [0.2, 0.25) is 0 Å². The van der Waals surface area contributed by atoms with Crippen LogP contribution < -0.4 is 4.90 Å². The molecule has 3 rings (SSSR count). The molecule has 4 nitrogen and oxygen atoms in total. The van der Waals surface area contributed by atoms with Gasteiger partial charge in [-0.15, -0.1) is 0 Å². The van der Waals surface area contributed by atoms with E-state index >= 15 is 0 Å². The van der Waals surface area contributed by atoms with Gasteiger partial charge in [-0.2, -0.15) is 0 Å². The molecule has 1 saturated heterocycles. The van der Waals surface area contributed by atoms with Gasteiger partial charge in [-0.25, -0.2) is 8.78 Å². The number of carbonyl (C=O) groups is 1. The van der Waals surface area contributed by atoms with Crippen LogP contribution in [0.4, 0.5) is 14.5 Å². The van der Waals surface area contributed by atoms with E-state index in [4.69, 9.17) is 0 Å². The molecule has 0 bridgehead atoms. The second kappa shape index (κ2) is 7.83. The molecule has 2 aromatic carbocycles. The molecular formula is C20H23F2N3O. The number of hydrogen-bond acceptors (Lipinski definition) is 3. The number of benzene rings is 2. The van der Waals surface area contributed by atoms with Gasteiger partial charge in [-0.1, -0.05) is 12.1 Å². The van der Waals surface area contributed by atoms with E-state index < -0.39 is 11.6 Å². The third-order valence-electron chi connectivity index (χ3n) is 4.50. The monoisotopic (exact) mass is 359 g/mol. The Morgan fingerprint density at radius 3 is 2.42 bits per heavy atom. The van der Waals surface area contributed by atoms with Crippen LogP contribution in [0.5, 0.6) is 0 Å². The van der Waals surface area contributed by atoms with E-state index in [1.54, 1.807) is 4.90 Å². The Morgan fingerprint density at radius 1 is 1.04 bits per heavy atom. The molecule has 1 aliphatic heterocycles. The van der Waals surface area contributed by atoms with Gasteiger partial charge in [0.1, 0.15) is 11.6 Å². The third-order valence-corrected chi connectivity index (χ3v) is 4.50. The summed E-state index contributed by atoms with van der Waals surface area (Å²) in [4.78, 5) is 18.5. The molecule has 1 heterocycles. The first-order valence-electron chi connectivity index (χ1n) is 8.67. The van der Waals surface area contributed by atoms with E-state index in [0.717, 1.165) is 24.4 Å². The van der Waals surface area contributed by atoms with Gasteiger partial charge in [0.15, 0.2) is 0 Å². The summed E-state index contributed by atoms with van der Waals surface area (Å²) < 4.78 is 26.9. The molecule has 0 atom stereocenters. The lowest BCUT2D eigenvalue weighted by molar-refractivity contribution is 0.0742. The minimum Gasteiger partial charge on any atom is -0.368 e. The van der Waals surface area contributed by atoms with Crippen molar-refractivity contribution in [3.8, 4) is 0 Å². The summed E-state index contributed by atoms with van der Waals surface area (Å²) in [5.41, 5.74) is 2.29. The Bertz CT molecular complexity index is 786. The number of carbonyl (C=O) groups excluding carboxylic acids is 1. The van der Waals surface area contributed by atoms with Gasteiger partial charge in [0.2, 0.25) is 0 Å². The molecular weight excluding hydrogens is 336 g/mol. The summed E-state index contributed by atoms with van der Waals surface area (Å²) >= 11 is 0. The summed E-state index contributed by atoms with van der Waals surface area (Å²) in [6, 6.07) is 11.4. The SMILES string of the molecule is CN(C)Cc1cccc(N2CCN(C(=O)c3ccc(F)cc3F)CC2)c1. The molecule has 0 saturated carbocycles. The normalized spacial score (nSPS) is 14.8. The molecule has 26 heavy (non-hydrogen) atoms. The maximum absolute atomic E-state index is 13.8. The van der Waals surface area contributed by atoms with Crippen LogP contribution in [0.15, 0.2) is 42.5 Å². The summed E-state index contributed by atoms with van der Waals surface area (Å²) in [7, 11) is 4.07. The number of rotatable bonds is 4. The zero-order chi connectivity index (χ0) is 18.7. The largest absolute Gasteiger partial charge is 0.368 e. The predicted molar refractivity (Wildman–Crippen MR) is 98.3 cm³/mol. The van der Waals surface area contributed by atoms with Crippen molar-refractivity contribution in [3.63, 3.8) is 0 Å². The summed E-state index contributed by atoms with van der Waals surface area (Å²) in [5, 5.41) is 0. The van der Waals surface area contributed by atoms with Crippen LogP contribution in [0.3, 0.4) is 0 Å². The predicted octanol–water partition coefficient (Wildman–Crippen LogP) is 2.99. The highest BCUT2D eigenvalue weighted by molar-refractivity contribution is 5.94. The van der Waals surface area contributed by atoms with Crippen molar-refractivity contribution in [1.82, 2.24) is 9.80 Å². The van der Waals surface area contributed by atoms with E-state index in [1.807, 2.05) is 20.2 Å². The molecule has 6 heteroatoms. The van der Waals surface area contributed by atoms with Crippen molar-refractivity contribution in [2.75, 3.05) is 45.2 Å². The fraction of sp³-hybridized carbons (Fsp3) is 0.350. The van der Waals surface area contributed by atoms with Gasteiger partial charge in [0, 0.05) is 44.5 Å². The van der Waals surface area contributed by atoms with Crippen molar-refractivity contribution in [3.05, 3.63) is 65.2 Å². The zero-order valence-corrected chi connectivity index (χ0v) is 15.1. The Hall–Kier alpha value is -2.47. The molecule has 0 aromatic heterocycles. The summed E-state index contributed by atoms with van der Waals surface area (Å²) in [5.74, 6) is -1.88. The second-order valence-corrected chi connectivity index (χ2v) is 6.81. The van der Waals surface area contributed by atoms with Crippen LogP contribution in [0.1, 0.15) is 15.9 Å². The van der Waals surface area contributed by atoms with Crippen molar-refractivity contribution >= 4 is 11.6 Å². The molecule has 138 valence electrons. The molecule has 1 aliphatic rings. The van der Waals surface area contributed by atoms with Crippen molar-refractivity contribution < 1.29 is 13.6 Å². The molecule has 0 radical (unpaired) electrons. The van der Waals surface area contributed by atoms with Gasteiger partial charge < -0.3 is 14.7 Å². The molecule has 0 aliphatic carbocycles. The lowest BCUT2D eigenvalue weighted by Crippen LogP contribution is -2.49. The van der Waals surface area contributed by atoms with Crippen LogP contribution in [0.25, 0.3) is 0 Å². The average molecular weight is 359 g/mol. The zero-order valence-electron chi connectivity index (χ0n) is 15.1. The van der Waals surface area contributed by atoms with E-state index in [1.165, 1.54) is 11.6 Å². The summed E-state index contributed by atoms with van der Waals surface area (Å²) in [6.45, 7) is 3.25. The number of anilines is 1. The van der Waals surface area contributed by atoms with Crippen LogP contribution in [-0.4, -0.2) is 56.0 Å². The lowest BCUT2D eigenvalue weighted by Gasteiger charge is -2.36. The average Bonchev–Trinajstić information content (AvgIpc) is 2.61. The topological polar surface area (TPSA) is 26.8 Å². The highest BCUT2D eigenvalue weighted by Crippen LogP contribution is 2.20. The number of hydrogen-bond donors (Lipinski definition) is 0. The molecule has 0 N–H and O–H groups in total. The first-order chi connectivity index (χ1) is 12.4. The quantitative estimate of drug-likeness (QED) is 0.840. The fourth-order valence-electron chi connectivity index (χ4n) is 3.22. The minimum atomic E-state index is -0.811. The van der Waals surface area contributed by atoms with Crippen LogP contribution in [-0.2, 0) is 6.54 Å². The highest BCUT2D eigenvalue weighted by atomic mass is 19.1. The molecule has 0 unspecified atom stereocenters. The lowest BCUT2D eigenvalue weighted by atomic mass is 10.1. The maximum Gasteiger partial charge on any atom is 0.256 e. The standard InChI is InChI=1S/C20H23F2N3O/c1-23(2)14-15-4-3-5-17(12-15)24-8-10-25(11-9-24)20(26)18-7-6-16(21)13-19(18)22/h3-7,12-13H,8-11,14H2,1-2H3. The van der Waals surface area contributed by atoms with Crippen LogP contribution >= 0.6 is 0 Å². The smallest absolute Gasteiger partial charge is 0.256 e. The van der Waals surface area contributed by atoms with Gasteiger partial charge in [-0.05, 0) is 43.9 Å². The van der Waals surface area contributed by atoms with Crippen molar-refractivity contribution in [1.29, 1.82) is 0 Å². The summed E-state index contributed by atoms with van der Waals surface area (Å²) in [6.07, 6.45) is 0. The Kier molecular flexibility index (Phi) is 5.52. The van der Waals surface area contributed by atoms with Crippen LogP contribution in [0, 0.1) is 11.6 Å². The number of nitrogens with zero attached hydrogens (tertiary/aromatic N) is 3. The fourth-order valence-corrected chi connectivity index (χ4v) is 3.22. The Balaban J connectivity index is 1.65.